The monoisotopic (exact) mass is 257 g/mol. The molecule has 1 fully saturated rings. The number of nitrogens with one attached hydrogen (secondary N) is 1. The number of hydrogen-bond acceptors (Lipinski definition) is 1. The maximum Gasteiger partial charge on any atom is 0.0441 e. The molecule has 0 bridgehead atoms. The van der Waals surface area contributed by atoms with Crippen molar-refractivity contribution in [2.45, 2.75) is 37.6 Å². The molecular formula is C13H17Cl2N. The number of benzene rings is 1. The Morgan fingerprint density at radius 1 is 1.25 bits per heavy atom. The van der Waals surface area contributed by atoms with Gasteiger partial charge in [-0.3, -0.25) is 0 Å². The Morgan fingerprint density at radius 3 is 2.81 bits per heavy atom. The predicted molar refractivity (Wildman–Crippen MR) is 70.5 cm³/mol. The first-order chi connectivity index (χ1) is 7.70. The lowest BCUT2D eigenvalue weighted by molar-refractivity contribution is 0.355. The Kier molecular flexibility index (Phi) is 4.12. The first-order valence-corrected chi connectivity index (χ1v) is 6.58. The highest BCUT2D eigenvalue weighted by Gasteiger charge is 2.23. The molecule has 88 valence electrons. The summed E-state index contributed by atoms with van der Waals surface area (Å²) in [6, 6.07) is 6.40. The molecule has 0 saturated heterocycles. The summed E-state index contributed by atoms with van der Waals surface area (Å²) in [4.78, 5) is 0. The van der Waals surface area contributed by atoms with Gasteiger partial charge < -0.3 is 5.32 Å². The van der Waals surface area contributed by atoms with Crippen molar-refractivity contribution in [2.75, 3.05) is 7.05 Å². The van der Waals surface area contributed by atoms with E-state index in [2.05, 4.69) is 5.32 Å². The molecule has 1 N–H and O–H groups in total. The first-order valence-electron chi connectivity index (χ1n) is 5.83. The van der Waals surface area contributed by atoms with E-state index in [1.165, 1.54) is 24.8 Å². The normalized spacial score (nSPS) is 25.7. The average molecular weight is 258 g/mol. The molecule has 0 aliphatic heterocycles. The van der Waals surface area contributed by atoms with Gasteiger partial charge in [0.05, 0.1) is 0 Å². The van der Waals surface area contributed by atoms with Gasteiger partial charge in [-0.1, -0.05) is 29.6 Å². The molecule has 0 aromatic heterocycles. The fourth-order valence-electron chi connectivity index (χ4n) is 2.56. The number of hydrogen-bond donors (Lipinski definition) is 1. The summed E-state index contributed by atoms with van der Waals surface area (Å²) < 4.78 is 0. The molecule has 1 saturated carbocycles. The standard InChI is InChI=1S/C13H17Cl2N/c1-16-11-4-2-3-9(7-11)12-8-10(14)5-6-13(12)15/h5-6,8-9,11,16H,2-4,7H2,1H3. The smallest absolute Gasteiger partial charge is 0.0441 e. The van der Waals surface area contributed by atoms with Crippen molar-refractivity contribution >= 4 is 23.2 Å². The zero-order valence-electron chi connectivity index (χ0n) is 9.47. The summed E-state index contributed by atoms with van der Waals surface area (Å²) in [5, 5.41) is 5.00. The van der Waals surface area contributed by atoms with Crippen LogP contribution >= 0.6 is 23.2 Å². The largest absolute Gasteiger partial charge is 0.317 e. The molecule has 2 rings (SSSR count). The molecule has 16 heavy (non-hydrogen) atoms. The highest BCUT2D eigenvalue weighted by molar-refractivity contribution is 6.33. The summed E-state index contributed by atoms with van der Waals surface area (Å²) in [6.07, 6.45) is 4.92. The van der Waals surface area contributed by atoms with E-state index in [0.29, 0.717) is 12.0 Å². The lowest BCUT2D eigenvalue weighted by Crippen LogP contribution is -2.30. The Balaban J connectivity index is 2.19. The van der Waals surface area contributed by atoms with Gasteiger partial charge in [0, 0.05) is 16.1 Å². The van der Waals surface area contributed by atoms with Crippen molar-refractivity contribution in [3.05, 3.63) is 33.8 Å². The van der Waals surface area contributed by atoms with Gasteiger partial charge in [-0.05, 0) is 56.0 Å². The van der Waals surface area contributed by atoms with Crippen LogP contribution in [-0.4, -0.2) is 13.1 Å². The van der Waals surface area contributed by atoms with E-state index in [4.69, 9.17) is 23.2 Å². The predicted octanol–water partition coefficient (Wildman–Crippen LogP) is 4.24. The minimum atomic E-state index is 0.553. The molecule has 1 aliphatic rings. The van der Waals surface area contributed by atoms with Crippen molar-refractivity contribution in [3.63, 3.8) is 0 Å². The van der Waals surface area contributed by atoms with Crippen LogP contribution in [-0.2, 0) is 0 Å². The maximum absolute atomic E-state index is 6.24. The van der Waals surface area contributed by atoms with Gasteiger partial charge in [0.2, 0.25) is 0 Å². The third-order valence-corrected chi connectivity index (χ3v) is 4.06. The highest BCUT2D eigenvalue weighted by Crippen LogP contribution is 2.37. The van der Waals surface area contributed by atoms with Crippen molar-refractivity contribution in [2.24, 2.45) is 0 Å². The molecule has 1 aromatic rings. The lowest BCUT2D eigenvalue weighted by Gasteiger charge is -2.29. The Morgan fingerprint density at radius 2 is 2.06 bits per heavy atom. The van der Waals surface area contributed by atoms with Crippen LogP contribution < -0.4 is 5.32 Å². The highest BCUT2D eigenvalue weighted by atomic mass is 35.5. The van der Waals surface area contributed by atoms with Gasteiger partial charge >= 0.3 is 0 Å². The quantitative estimate of drug-likeness (QED) is 0.836. The Labute approximate surface area is 107 Å². The third kappa shape index (κ3) is 2.71. The van der Waals surface area contributed by atoms with Crippen LogP contribution in [0.5, 0.6) is 0 Å². The van der Waals surface area contributed by atoms with Crippen LogP contribution in [0.2, 0.25) is 10.0 Å². The van der Waals surface area contributed by atoms with Gasteiger partial charge in [0.1, 0.15) is 0 Å². The van der Waals surface area contributed by atoms with Gasteiger partial charge in [-0.2, -0.15) is 0 Å². The minimum absolute atomic E-state index is 0.553. The molecule has 0 heterocycles. The minimum Gasteiger partial charge on any atom is -0.317 e. The molecule has 3 heteroatoms. The van der Waals surface area contributed by atoms with Crippen molar-refractivity contribution < 1.29 is 0 Å². The van der Waals surface area contributed by atoms with Crippen LogP contribution in [0.3, 0.4) is 0 Å². The van der Waals surface area contributed by atoms with Gasteiger partial charge in [0.15, 0.2) is 0 Å². The van der Waals surface area contributed by atoms with Crippen LogP contribution in [0, 0.1) is 0 Å². The molecule has 2 atom stereocenters. The van der Waals surface area contributed by atoms with E-state index >= 15 is 0 Å². The van der Waals surface area contributed by atoms with Gasteiger partial charge in [0.25, 0.3) is 0 Å². The van der Waals surface area contributed by atoms with Crippen molar-refractivity contribution in [3.8, 4) is 0 Å². The van der Waals surface area contributed by atoms with E-state index in [1.54, 1.807) is 0 Å². The van der Waals surface area contributed by atoms with E-state index in [9.17, 15) is 0 Å². The maximum atomic E-state index is 6.24. The zero-order chi connectivity index (χ0) is 11.5. The molecule has 1 aromatic carbocycles. The summed E-state index contributed by atoms with van der Waals surface area (Å²) in [5.41, 5.74) is 1.22. The summed E-state index contributed by atoms with van der Waals surface area (Å²) in [5.74, 6) is 0.553. The Hall–Kier alpha value is -0.240. The zero-order valence-corrected chi connectivity index (χ0v) is 11.0. The lowest BCUT2D eigenvalue weighted by atomic mass is 9.81. The van der Waals surface area contributed by atoms with E-state index in [0.717, 1.165) is 16.5 Å². The molecule has 1 aliphatic carbocycles. The second kappa shape index (κ2) is 5.39. The summed E-state index contributed by atoms with van der Waals surface area (Å²) >= 11 is 12.3. The summed E-state index contributed by atoms with van der Waals surface area (Å²) in [7, 11) is 2.03. The van der Waals surface area contributed by atoms with Crippen LogP contribution in [0.15, 0.2) is 18.2 Å². The number of halogens is 2. The molecule has 0 radical (unpaired) electrons. The topological polar surface area (TPSA) is 12.0 Å². The third-order valence-electron chi connectivity index (χ3n) is 3.48. The van der Waals surface area contributed by atoms with Crippen LogP contribution in [0.25, 0.3) is 0 Å². The van der Waals surface area contributed by atoms with Crippen LogP contribution in [0.4, 0.5) is 0 Å². The first kappa shape index (κ1) is 12.2. The van der Waals surface area contributed by atoms with E-state index < -0.39 is 0 Å². The van der Waals surface area contributed by atoms with Gasteiger partial charge in [-0.15, -0.1) is 0 Å². The van der Waals surface area contributed by atoms with Crippen molar-refractivity contribution in [1.29, 1.82) is 0 Å². The molecule has 0 spiro atoms. The summed E-state index contributed by atoms with van der Waals surface area (Å²) in [6.45, 7) is 0. The molecule has 0 amide bonds. The van der Waals surface area contributed by atoms with E-state index in [-0.39, 0.29) is 0 Å². The molecule has 2 unspecified atom stereocenters. The van der Waals surface area contributed by atoms with Crippen LogP contribution in [0.1, 0.15) is 37.2 Å². The number of rotatable bonds is 2. The second-order valence-corrected chi connectivity index (χ2v) is 5.36. The van der Waals surface area contributed by atoms with Crippen molar-refractivity contribution in [1.82, 2.24) is 5.32 Å². The molecule has 1 nitrogen and oxygen atoms in total. The SMILES string of the molecule is CNC1CCCC(c2cc(Cl)ccc2Cl)C1. The average Bonchev–Trinajstić information content (AvgIpc) is 2.32. The molecular weight excluding hydrogens is 241 g/mol. The second-order valence-electron chi connectivity index (χ2n) is 4.51. The fraction of sp³-hybridized carbons (Fsp3) is 0.538. The van der Waals surface area contributed by atoms with E-state index in [1.807, 2.05) is 25.2 Å². The Bertz CT molecular complexity index is 365. The fourth-order valence-corrected chi connectivity index (χ4v) is 3.01. The van der Waals surface area contributed by atoms with Gasteiger partial charge in [-0.25, -0.2) is 0 Å².